The van der Waals surface area contributed by atoms with Crippen LogP contribution in [0.2, 0.25) is 0 Å². The third-order valence-electron chi connectivity index (χ3n) is 5.59. The average molecular weight is 464 g/mol. The summed E-state index contributed by atoms with van der Waals surface area (Å²) >= 11 is 1.26. The van der Waals surface area contributed by atoms with Crippen LogP contribution < -0.4 is 10.1 Å². The van der Waals surface area contributed by atoms with Crippen molar-refractivity contribution in [2.24, 2.45) is 0 Å². The van der Waals surface area contributed by atoms with Crippen LogP contribution >= 0.6 is 11.3 Å². The molecule has 1 heterocycles. The van der Waals surface area contributed by atoms with Gasteiger partial charge in [0.15, 0.2) is 5.75 Å². The van der Waals surface area contributed by atoms with Crippen molar-refractivity contribution in [3.05, 3.63) is 87.5 Å². The summed E-state index contributed by atoms with van der Waals surface area (Å²) in [5.41, 5.74) is 2.84. The Kier molecular flexibility index (Phi) is 6.77. The molecule has 3 aromatic carbocycles. The minimum atomic E-state index is -0.367. The molecule has 0 bridgehead atoms. The van der Waals surface area contributed by atoms with Gasteiger partial charge >= 0.3 is 0 Å². The van der Waals surface area contributed by atoms with Crippen LogP contribution in [0.4, 0.5) is 4.39 Å². The van der Waals surface area contributed by atoms with Crippen molar-refractivity contribution in [2.45, 2.75) is 26.7 Å². The number of phenols is 1. The second-order valence-corrected chi connectivity index (χ2v) is 9.19. The molecule has 0 atom stereocenters. The standard InChI is InChI=1S/C27H26FNO3S/c1-16-13-19(28)14-17(2)24(16)25(31)27-26(22-11-8-20(30)15-23(22)33-27)32-21-9-6-18(7-10-21)5-4-12-29-3/h6-11,13-15,29-30H,4-5,12H2,1-3H3. The van der Waals surface area contributed by atoms with E-state index in [1.54, 1.807) is 32.0 Å². The molecule has 4 aromatic rings. The molecule has 0 unspecified atom stereocenters. The number of aromatic hydroxyl groups is 1. The van der Waals surface area contributed by atoms with Crippen molar-refractivity contribution in [1.82, 2.24) is 5.32 Å². The molecule has 0 aliphatic carbocycles. The van der Waals surface area contributed by atoms with Gasteiger partial charge in [0.05, 0.1) is 0 Å². The van der Waals surface area contributed by atoms with E-state index in [0.717, 1.165) is 29.5 Å². The number of hydrogen-bond donors (Lipinski definition) is 2. The number of phenolic OH excluding ortho intramolecular Hbond substituents is 1. The molecule has 6 heteroatoms. The number of ketones is 1. The highest BCUT2D eigenvalue weighted by atomic mass is 32.1. The topological polar surface area (TPSA) is 58.6 Å². The Hall–Kier alpha value is -3.22. The highest BCUT2D eigenvalue weighted by molar-refractivity contribution is 7.21. The molecule has 0 saturated carbocycles. The molecular weight excluding hydrogens is 437 g/mol. The number of carbonyl (C=O) groups excluding carboxylic acids is 1. The van der Waals surface area contributed by atoms with Crippen molar-refractivity contribution in [3.63, 3.8) is 0 Å². The maximum atomic E-state index is 13.8. The Morgan fingerprint density at radius 1 is 1.06 bits per heavy atom. The normalized spacial score (nSPS) is 11.2. The first kappa shape index (κ1) is 23.0. The van der Waals surface area contributed by atoms with Crippen LogP contribution in [0.15, 0.2) is 54.6 Å². The van der Waals surface area contributed by atoms with Gasteiger partial charge < -0.3 is 15.2 Å². The first-order valence-electron chi connectivity index (χ1n) is 10.9. The third kappa shape index (κ3) is 4.92. The number of thiophene rings is 1. The first-order valence-corrected chi connectivity index (χ1v) is 11.7. The zero-order valence-electron chi connectivity index (χ0n) is 18.9. The Bertz CT molecular complexity index is 1290. The number of carbonyl (C=O) groups is 1. The summed E-state index contributed by atoms with van der Waals surface area (Å²) in [4.78, 5) is 14.0. The molecule has 0 fully saturated rings. The summed E-state index contributed by atoms with van der Waals surface area (Å²) in [6.45, 7) is 4.42. The van der Waals surface area contributed by atoms with Crippen molar-refractivity contribution < 1.29 is 19.0 Å². The summed E-state index contributed by atoms with van der Waals surface area (Å²) in [7, 11) is 1.94. The van der Waals surface area contributed by atoms with Crippen LogP contribution in [0, 0.1) is 19.7 Å². The number of rotatable bonds is 8. The minimum absolute atomic E-state index is 0.120. The molecule has 0 radical (unpaired) electrons. The maximum absolute atomic E-state index is 13.8. The van der Waals surface area contributed by atoms with E-state index in [-0.39, 0.29) is 17.3 Å². The van der Waals surface area contributed by atoms with E-state index in [1.807, 2.05) is 31.3 Å². The molecule has 2 N–H and O–H groups in total. The predicted octanol–water partition coefficient (Wildman–Crippen LogP) is 6.54. The molecule has 4 rings (SSSR count). The van der Waals surface area contributed by atoms with Crippen LogP contribution in [0.25, 0.3) is 10.1 Å². The smallest absolute Gasteiger partial charge is 0.207 e. The Morgan fingerprint density at radius 2 is 1.76 bits per heavy atom. The zero-order chi connectivity index (χ0) is 23.5. The molecule has 0 aliphatic heterocycles. The highest BCUT2D eigenvalue weighted by Crippen LogP contribution is 2.43. The summed E-state index contributed by atoms with van der Waals surface area (Å²) in [5.74, 6) is 0.612. The summed E-state index contributed by atoms with van der Waals surface area (Å²) in [6.07, 6.45) is 2.01. The molecule has 0 spiro atoms. The Balaban J connectivity index is 1.73. The first-order chi connectivity index (χ1) is 15.9. The fourth-order valence-electron chi connectivity index (χ4n) is 4.01. The largest absolute Gasteiger partial charge is 0.508 e. The second kappa shape index (κ2) is 9.73. The van der Waals surface area contributed by atoms with Gasteiger partial charge in [0.25, 0.3) is 0 Å². The molecule has 0 aliphatic rings. The molecule has 0 amide bonds. The second-order valence-electron chi connectivity index (χ2n) is 8.14. The lowest BCUT2D eigenvalue weighted by molar-refractivity contribution is 0.103. The molecule has 1 aromatic heterocycles. The van der Waals surface area contributed by atoms with Crippen molar-refractivity contribution in [1.29, 1.82) is 0 Å². The van der Waals surface area contributed by atoms with Gasteiger partial charge in [-0.05, 0) is 99.4 Å². The lowest BCUT2D eigenvalue weighted by atomic mass is 9.97. The number of aryl methyl sites for hydroxylation is 3. The van der Waals surface area contributed by atoms with Crippen LogP contribution in [0.1, 0.15) is 38.3 Å². The highest BCUT2D eigenvalue weighted by Gasteiger charge is 2.25. The number of fused-ring (bicyclic) bond motifs is 1. The lowest BCUT2D eigenvalue weighted by Gasteiger charge is -2.11. The van der Waals surface area contributed by atoms with Crippen molar-refractivity contribution in [2.75, 3.05) is 13.6 Å². The number of ether oxygens (including phenoxy) is 1. The van der Waals surface area contributed by atoms with E-state index < -0.39 is 0 Å². The Morgan fingerprint density at radius 3 is 2.42 bits per heavy atom. The SMILES string of the molecule is CNCCCc1ccc(Oc2c(C(=O)c3c(C)cc(F)cc3C)sc3cc(O)ccc23)cc1. The van der Waals surface area contributed by atoms with E-state index in [0.29, 0.717) is 33.1 Å². The van der Waals surface area contributed by atoms with E-state index in [1.165, 1.54) is 29.0 Å². The molecular formula is C27H26FNO3S. The predicted molar refractivity (Wildman–Crippen MR) is 132 cm³/mol. The van der Waals surface area contributed by atoms with Crippen LogP contribution in [-0.2, 0) is 6.42 Å². The number of benzene rings is 3. The van der Waals surface area contributed by atoms with Crippen LogP contribution in [-0.4, -0.2) is 24.5 Å². The summed E-state index contributed by atoms with van der Waals surface area (Å²) < 4.78 is 20.8. The lowest BCUT2D eigenvalue weighted by Crippen LogP contribution is -2.08. The number of hydrogen-bond acceptors (Lipinski definition) is 5. The fraction of sp³-hybridized carbons (Fsp3) is 0.222. The molecule has 170 valence electrons. The van der Waals surface area contributed by atoms with Gasteiger partial charge in [-0.2, -0.15) is 0 Å². The summed E-state index contributed by atoms with van der Waals surface area (Å²) in [5, 5.41) is 13.8. The van der Waals surface area contributed by atoms with E-state index in [9.17, 15) is 14.3 Å². The quantitative estimate of drug-likeness (QED) is 0.230. The van der Waals surface area contributed by atoms with Gasteiger partial charge in [0.1, 0.15) is 22.2 Å². The van der Waals surface area contributed by atoms with Crippen LogP contribution in [0.5, 0.6) is 17.2 Å². The van der Waals surface area contributed by atoms with Crippen LogP contribution in [0.3, 0.4) is 0 Å². The third-order valence-corrected chi connectivity index (χ3v) is 6.73. The van der Waals surface area contributed by atoms with E-state index >= 15 is 0 Å². The Labute approximate surface area is 196 Å². The summed E-state index contributed by atoms with van der Waals surface area (Å²) in [6, 6.07) is 15.6. The number of nitrogens with one attached hydrogen (secondary N) is 1. The van der Waals surface area contributed by atoms with Gasteiger partial charge in [-0.3, -0.25) is 4.79 Å². The van der Waals surface area contributed by atoms with Gasteiger partial charge in [-0.15, -0.1) is 11.3 Å². The molecule has 4 nitrogen and oxygen atoms in total. The monoisotopic (exact) mass is 463 g/mol. The minimum Gasteiger partial charge on any atom is -0.508 e. The molecule has 0 saturated heterocycles. The van der Waals surface area contributed by atoms with E-state index in [2.05, 4.69) is 5.32 Å². The zero-order valence-corrected chi connectivity index (χ0v) is 19.7. The number of halogens is 1. The van der Waals surface area contributed by atoms with Gasteiger partial charge in [0.2, 0.25) is 5.78 Å². The van der Waals surface area contributed by atoms with Gasteiger partial charge in [0, 0.05) is 15.6 Å². The average Bonchev–Trinajstić information content (AvgIpc) is 3.11. The van der Waals surface area contributed by atoms with E-state index in [4.69, 9.17) is 4.74 Å². The van der Waals surface area contributed by atoms with Crippen molar-refractivity contribution in [3.8, 4) is 17.2 Å². The molecule has 33 heavy (non-hydrogen) atoms. The van der Waals surface area contributed by atoms with Crippen molar-refractivity contribution >= 4 is 27.2 Å². The maximum Gasteiger partial charge on any atom is 0.207 e. The fourth-order valence-corrected chi connectivity index (χ4v) is 5.12. The van der Waals surface area contributed by atoms with Gasteiger partial charge in [-0.25, -0.2) is 4.39 Å². The van der Waals surface area contributed by atoms with Gasteiger partial charge in [-0.1, -0.05) is 12.1 Å².